The van der Waals surface area contributed by atoms with Gasteiger partial charge in [-0.05, 0) is 52.2 Å². The first-order valence-electron chi connectivity index (χ1n) is 10.2. The molecular formula is C23H36N4. The molecule has 4 nitrogen and oxygen atoms in total. The van der Waals surface area contributed by atoms with Gasteiger partial charge >= 0.3 is 0 Å². The number of amidine groups is 1. The van der Waals surface area contributed by atoms with Crippen molar-refractivity contribution < 1.29 is 0 Å². The van der Waals surface area contributed by atoms with Gasteiger partial charge in [-0.15, -0.1) is 0 Å². The number of nitrogens with one attached hydrogen (secondary N) is 2. The molecule has 2 rings (SSSR count). The Morgan fingerprint density at radius 1 is 1.15 bits per heavy atom. The largest absolute Gasteiger partial charge is 0.368 e. The fraction of sp³-hybridized carbons (Fsp3) is 0.522. The fourth-order valence-corrected chi connectivity index (χ4v) is 3.47. The molecule has 1 aliphatic rings. The Kier molecular flexibility index (Phi) is 7.96. The Hall–Kier alpha value is -2.23. The van der Waals surface area contributed by atoms with E-state index in [1.54, 1.807) is 0 Å². The lowest BCUT2D eigenvalue weighted by molar-refractivity contribution is 0.283. The van der Waals surface area contributed by atoms with Crippen molar-refractivity contribution in [1.82, 2.24) is 15.5 Å². The van der Waals surface area contributed by atoms with Crippen LogP contribution >= 0.6 is 0 Å². The van der Waals surface area contributed by atoms with Gasteiger partial charge in [-0.25, -0.2) is 0 Å². The number of benzene rings is 1. The smallest absolute Gasteiger partial charge is 0.110 e. The summed E-state index contributed by atoms with van der Waals surface area (Å²) in [7, 11) is 0. The first kappa shape index (κ1) is 21.1. The first-order valence-corrected chi connectivity index (χ1v) is 10.2. The minimum Gasteiger partial charge on any atom is -0.368 e. The molecule has 0 radical (unpaired) electrons. The molecular weight excluding hydrogens is 332 g/mol. The molecule has 1 heterocycles. The lowest BCUT2D eigenvalue weighted by Crippen LogP contribution is -2.37. The lowest BCUT2D eigenvalue weighted by Gasteiger charge is -2.28. The molecule has 1 atom stereocenters. The maximum atomic E-state index is 4.85. The summed E-state index contributed by atoms with van der Waals surface area (Å²) < 4.78 is 0. The van der Waals surface area contributed by atoms with Crippen molar-refractivity contribution in [3.63, 3.8) is 0 Å². The van der Waals surface area contributed by atoms with E-state index in [2.05, 4.69) is 99.7 Å². The third-order valence-corrected chi connectivity index (χ3v) is 5.15. The van der Waals surface area contributed by atoms with Crippen molar-refractivity contribution in [2.75, 3.05) is 0 Å². The van der Waals surface area contributed by atoms with Crippen LogP contribution in [0.5, 0.6) is 0 Å². The molecule has 0 bridgehead atoms. The average Bonchev–Trinajstić information content (AvgIpc) is 3.05. The Morgan fingerprint density at radius 3 is 2.37 bits per heavy atom. The predicted octanol–water partition coefficient (Wildman–Crippen LogP) is 4.81. The highest BCUT2D eigenvalue weighted by molar-refractivity contribution is 5.81. The van der Waals surface area contributed by atoms with Crippen LogP contribution in [0, 0.1) is 0 Å². The standard InChI is InChI=1S/C23H36N4/c1-7-21(8-2)25-19(6)26-23(24-16-20-12-10-9-11-13-20)22-14-15-27(17(3)4)18(22)5/h9-15,17-18,21,24H,7-8,16H2,1-6H3,(H,25,26)/b23-22-. The number of aliphatic imine (C=N–C) groups is 1. The van der Waals surface area contributed by atoms with Gasteiger partial charge in [0.15, 0.2) is 0 Å². The molecule has 4 heteroatoms. The summed E-state index contributed by atoms with van der Waals surface area (Å²) in [4.78, 5) is 7.24. The van der Waals surface area contributed by atoms with Gasteiger partial charge in [-0.1, -0.05) is 44.2 Å². The molecule has 0 fully saturated rings. The summed E-state index contributed by atoms with van der Waals surface area (Å²) in [5, 5.41) is 7.18. The van der Waals surface area contributed by atoms with Gasteiger partial charge in [0.1, 0.15) is 5.82 Å². The Bertz CT molecular complexity index is 669. The van der Waals surface area contributed by atoms with Gasteiger partial charge in [0, 0.05) is 24.4 Å². The van der Waals surface area contributed by atoms with Crippen LogP contribution in [-0.2, 0) is 6.54 Å². The van der Waals surface area contributed by atoms with Gasteiger partial charge in [0.05, 0.1) is 17.9 Å². The minimum atomic E-state index is 0.330. The Morgan fingerprint density at radius 2 is 1.81 bits per heavy atom. The maximum absolute atomic E-state index is 4.85. The van der Waals surface area contributed by atoms with E-state index in [4.69, 9.17) is 4.99 Å². The summed E-state index contributed by atoms with van der Waals surface area (Å²) in [6.07, 6.45) is 6.55. The zero-order chi connectivity index (χ0) is 19.8. The van der Waals surface area contributed by atoms with Gasteiger partial charge in [0.25, 0.3) is 0 Å². The van der Waals surface area contributed by atoms with E-state index < -0.39 is 0 Å². The van der Waals surface area contributed by atoms with Crippen LogP contribution in [-0.4, -0.2) is 28.9 Å². The highest BCUT2D eigenvalue weighted by atomic mass is 15.2. The second-order valence-corrected chi connectivity index (χ2v) is 7.51. The lowest BCUT2D eigenvalue weighted by atomic mass is 10.1. The summed E-state index contributed by atoms with van der Waals surface area (Å²) in [6.45, 7) is 14.0. The van der Waals surface area contributed by atoms with Crippen molar-refractivity contribution in [1.29, 1.82) is 0 Å². The van der Waals surface area contributed by atoms with E-state index >= 15 is 0 Å². The highest BCUT2D eigenvalue weighted by Crippen LogP contribution is 2.24. The minimum absolute atomic E-state index is 0.330. The molecule has 0 aliphatic carbocycles. The molecule has 1 aliphatic heterocycles. The quantitative estimate of drug-likeness (QED) is 0.511. The molecule has 0 amide bonds. The molecule has 2 N–H and O–H groups in total. The summed E-state index contributed by atoms with van der Waals surface area (Å²) in [5.41, 5.74) is 2.54. The van der Waals surface area contributed by atoms with Crippen LogP contribution in [0.15, 0.2) is 59.0 Å². The molecule has 0 saturated heterocycles. The number of hydrogen-bond donors (Lipinski definition) is 2. The molecule has 1 aromatic carbocycles. The number of rotatable bonds is 8. The average molecular weight is 369 g/mol. The van der Waals surface area contributed by atoms with Crippen molar-refractivity contribution in [3.05, 3.63) is 59.6 Å². The summed E-state index contributed by atoms with van der Waals surface area (Å²) in [5.74, 6) is 2.02. The number of hydrogen-bond acceptors (Lipinski definition) is 3. The van der Waals surface area contributed by atoms with Crippen molar-refractivity contribution in [2.24, 2.45) is 4.99 Å². The molecule has 148 valence electrons. The van der Waals surface area contributed by atoms with Crippen molar-refractivity contribution in [2.45, 2.75) is 79.1 Å². The van der Waals surface area contributed by atoms with Crippen LogP contribution < -0.4 is 10.6 Å². The second kappa shape index (κ2) is 10.2. The highest BCUT2D eigenvalue weighted by Gasteiger charge is 2.24. The van der Waals surface area contributed by atoms with Crippen LogP contribution in [0.1, 0.15) is 59.9 Å². The van der Waals surface area contributed by atoms with E-state index in [9.17, 15) is 0 Å². The first-order chi connectivity index (χ1) is 13.0. The Labute approximate surface area is 165 Å². The van der Waals surface area contributed by atoms with Crippen LogP contribution in [0.25, 0.3) is 0 Å². The monoisotopic (exact) mass is 368 g/mol. The predicted molar refractivity (Wildman–Crippen MR) is 116 cm³/mol. The van der Waals surface area contributed by atoms with Crippen molar-refractivity contribution >= 4 is 5.84 Å². The Balaban J connectivity index is 2.23. The summed E-state index contributed by atoms with van der Waals surface area (Å²) in [6, 6.07) is 11.7. The van der Waals surface area contributed by atoms with Crippen LogP contribution in [0.4, 0.5) is 0 Å². The molecule has 0 aromatic heterocycles. The topological polar surface area (TPSA) is 39.7 Å². The van der Waals surface area contributed by atoms with E-state index in [-0.39, 0.29) is 0 Å². The SMILES string of the molecule is CCC(CC)N=C(C)N/C(NCc1ccccc1)=C1/C=CN(C(C)C)C1C. The van der Waals surface area contributed by atoms with Crippen LogP contribution in [0.3, 0.4) is 0 Å². The van der Waals surface area contributed by atoms with E-state index in [0.29, 0.717) is 18.1 Å². The third-order valence-electron chi connectivity index (χ3n) is 5.15. The van der Waals surface area contributed by atoms with E-state index in [0.717, 1.165) is 31.0 Å². The summed E-state index contributed by atoms with van der Waals surface area (Å²) >= 11 is 0. The second-order valence-electron chi connectivity index (χ2n) is 7.51. The molecule has 0 saturated carbocycles. The fourth-order valence-electron chi connectivity index (χ4n) is 3.47. The zero-order valence-electron chi connectivity index (χ0n) is 17.8. The maximum Gasteiger partial charge on any atom is 0.110 e. The van der Waals surface area contributed by atoms with Gasteiger partial charge in [-0.2, -0.15) is 0 Å². The van der Waals surface area contributed by atoms with E-state index in [1.165, 1.54) is 11.1 Å². The molecule has 0 spiro atoms. The van der Waals surface area contributed by atoms with E-state index in [1.807, 2.05) is 0 Å². The zero-order valence-corrected chi connectivity index (χ0v) is 17.8. The van der Waals surface area contributed by atoms with Gasteiger partial charge < -0.3 is 15.5 Å². The molecule has 1 aromatic rings. The van der Waals surface area contributed by atoms with Gasteiger partial charge in [-0.3, -0.25) is 4.99 Å². The molecule has 1 unspecified atom stereocenters. The third kappa shape index (κ3) is 5.88. The molecule has 27 heavy (non-hydrogen) atoms. The normalized spacial score (nSPS) is 19.2. The number of nitrogens with zero attached hydrogens (tertiary/aromatic N) is 2. The van der Waals surface area contributed by atoms with Crippen molar-refractivity contribution in [3.8, 4) is 0 Å². The van der Waals surface area contributed by atoms with Crippen LogP contribution in [0.2, 0.25) is 0 Å². The van der Waals surface area contributed by atoms with Gasteiger partial charge in [0.2, 0.25) is 0 Å².